The number of phenols is 1. The van der Waals surface area contributed by atoms with Crippen LogP contribution in [0.4, 0.5) is 5.69 Å². The Morgan fingerprint density at radius 2 is 1.59 bits per heavy atom. The molecule has 5 aliphatic heterocycles. The number of allylic oxidation sites excluding steroid dienone is 3. The van der Waals surface area contributed by atoms with Crippen LogP contribution in [0.3, 0.4) is 0 Å². The molecule has 0 unspecified atom stereocenters. The molecule has 2 amide bonds. The molecule has 1 spiro atoms. The van der Waals surface area contributed by atoms with Crippen molar-refractivity contribution in [2.24, 2.45) is 39.6 Å². The van der Waals surface area contributed by atoms with Crippen molar-refractivity contribution in [3.8, 4) is 17.2 Å². The Balaban J connectivity index is 1.12. The molecule has 17 heteroatoms. The third kappa shape index (κ3) is 11.6. The molecule has 8 atom stereocenters. The summed E-state index contributed by atoms with van der Waals surface area (Å²) < 4.78 is 37.3. The highest BCUT2D eigenvalue weighted by Gasteiger charge is 2.50. The average molecular weight is 1080 g/mol. The van der Waals surface area contributed by atoms with Gasteiger partial charge >= 0.3 is 11.8 Å². The summed E-state index contributed by atoms with van der Waals surface area (Å²) in [4.78, 5) is 71.7. The second-order valence-corrected chi connectivity index (χ2v) is 23.0. The molecule has 422 valence electrons. The van der Waals surface area contributed by atoms with E-state index in [4.69, 9.17) is 38.4 Å². The molecule has 3 N–H and O–H groups in total. The third-order valence-electron chi connectivity index (χ3n) is 17.0. The molecule has 5 heterocycles. The number of ether oxygens (including phenoxy) is 6. The lowest BCUT2D eigenvalue weighted by Gasteiger charge is -2.41. The van der Waals surface area contributed by atoms with Gasteiger partial charge in [-0.05, 0) is 56.6 Å². The summed E-state index contributed by atoms with van der Waals surface area (Å²) in [5.74, 6) is -5.21. The Hall–Kier alpha value is -6.14. The third-order valence-corrected chi connectivity index (χ3v) is 17.0. The topological polar surface area (TPSA) is 207 Å². The van der Waals surface area contributed by atoms with Crippen LogP contribution in [0.15, 0.2) is 76.5 Å². The van der Waals surface area contributed by atoms with Gasteiger partial charge in [-0.2, -0.15) is 0 Å². The lowest BCUT2D eigenvalue weighted by molar-refractivity contribution is -0.164. The molecule has 5 aliphatic rings. The van der Waals surface area contributed by atoms with Crippen LogP contribution in [0.1, 0.15) is 115 Å². The number of Topliss-reactive ketones (excluding diaryl/α,β-unsaturated/α-hetero) is 1. The summed E-state index contributed by atoms with van der Waals surface area (Å²) >= 11 is 0. The summed E-state index contributed by atoms with van der Waals surface area (Å²) in [7, 11) is 4.73. The first-order chi connectivity index (χ1) is 37.1. The highest BCUT2D eigenvalue weighted by Crippen LogP contribution is 2.50. The van der Waals surface area contributed by atoms with E-state index in [1.165, 1.54) is 20.3 Å². The number of anilines is 1. The number of likely N-dealkylation sites (tertiary alicyclic amines) is 2. The van der Waals surface area contributed by atoms with Crippen LogP contribution in [0.2, 0.25) is 0 Å². The van der Waals surface area contributed by atoms with Gasteiger partial charge in [0.2, 0.25) is 5.91 Å². The summed E-state index contributed by atoms with van der Waals surface area (Å²) in [5.41, 5.74) is 0.702. The van der Waals surface area contributed by atoms with Crippen molar-refractivity contribution in [2.75, 3.05) is 59.4 Å². The Bertz CT molecular complexity index is 2970. The maximum absolute atomic E-state index is 15.1. The van der Waals surface area contributed by atoms with Crippen LogP contribution in [-0.2, 0) is 39.8 Å². The maximum atomic E-state index is 15.1. The number of ketones is 1. The number of carbonyl (C=O) groups excluding carboxylic acids is 4. The van der Waals surface area contributed by atoms with Crippen LogP contribution >= 0.6 is 0 Å². The van der Waals surface area contributed by atoms with E-state index in [9.17, 15) is 24.6 Å². The molecule has 2 saturated heterocycles. The first-order valence-electron chi connectivity index (χ1n) is 27.7. The molecule has 3 aromatic rings. The number of fused-ring (bicyclic) bond motifs is 1. The summed E-state index contributed by atoms with van der Waals surface area (Å²) in [5, 5.41) is 28.3. The fourth-order valence-electron chi connectivity index (χ4n) is 12.4. The predicted octanol–water partition coefficient (Wildman–Crippen LogP) is 7.70. The number of amides is 2. The Kier molecular flexibility index (Phi) is 17.6. The molecular formula is C61H81N5O12. The van der Waals surface area contributed by atoms with E-state index in [1.54, 1.807) is 57.3 Å². The van der Waals surface area contributed by atoms with E-state index in [1.807, 2.05) is 45.9 Å². The fraction of sp³-hybridized carbons (Fsp3) is 0.574. The molecule has 4 bridgehead atoms. The standard InChI is InChI=1S/C61H81N5O12/c1-35(2)34-65-27-25-61(26-28-65)63-48-45-46-52(70)50(49(48)64-61)62-58(72)38(5)19-16-18-36(3)51(69)39(6)54(73-10)40(7)53(37(4)20-17-31-76-59(9)57(71)47(45)56(78-59)41(8)55(46)74-11)77-44(68)32-43(67)66-29-23-60(75-12,24-30-66)33-42-21-14-13-15-22-42/h13-19,21-22,31,35-37,39-40,51,53-54,69-70H,20,23-30,32-34H2,1-12H3,(H,62,72)/b18-16+,31-17+,38-19-/t36-,37+,39+,40-,51-,53+,54+,59-/m0/s1. The second kappa shape index (κ2) is 23.7. The van der Waals surface area contributed by atoms with Crippen LogP contribution in [-0.4, -0.2) is 133 Å². The van der Waals surface area contributed by atoms with Gasteiger partial charge in [0.05, 0.1) is 47.5 Å². The number of esters is 1. The van der Waals surface area contributed by atoms with Crippen molar-refractivity contribution in [3.63, 3.8) is 0 Å². The number of hydrogen-bond acceptors (Lipinski definition) is 15. The predicted molar refractivity (Wildman–Crippen MR) is 296 cm³/mol. The first-order valence-corrected chi connectivity index (χ1v) is 27.7. The molecule has 0 radical (unpaired) electrons. The maximum Gasteiger partial charge on any atom is 0.315 e. The summed E-state index contributed by atoms with van der Waals surface area (Å²) in [6.45, 7) is 20.1. The van der Waals surface area contributed by atoms with Crippen molar-refractivity contribution in [3.05, 3.63) is 93.9 Å². The molecule has 17 nitrogen and oxygen atoms in total. The van der Waals surface area contributed by atoms with Gasteiger partial charge in [0.1, 0.15) is 35.1 Å². The zero-order chi connectivity index (χ0) is 56.4. The van der Waals surface area contributed by atoms with Crippen molar-refractivity contribution in [1.82, 2.24) is 9.80 Å². The number of aliphatic hydroxyl groups is 1. The van der Waals surface area contributed by atoms with Gasteiger partial charge in [-0.3, -0.25) is 29.2 Å². The summed E-state index contributed by atoms with van der Waals surface area (Å²) in [6, 6.07) is 10.1. The molecule has 8 rings (SSSR count). The lowest BCUT2D eigenvalue weighted by atomic mass is 9.78. The first kappa shape index (κ1) is 58.0. The van der Waals surface area contributed by atoms with E-state index in [-0.39, 0.29) is 50.5 Å². The molecular weight excluding hydrogens is 995 g/mol. The van der Waals surface area contributed by atoms with Crippen molar-refractivity contribution in [1.29, 1.82) is 0 Å². The number of nitrogens with one attached hydrogen (secondary N) is 1. The smallest absolute Gasteiger partial charge is 0.315 e. The van der Waals surface area contributed by atoms with E-state index in [0.29, 0.717) is 74.0 Å². The Morgan fingerprint density at radius 1 is 0.910 bits per heavy atom. The Labute approximate surface area is 458 Å². The van der Waals surface area contributed by atoms with Gasteiger partial charge < -0.3 is 53.8 Å². The Morgan fingerprint density at radius 3 is 2.23 bits per heavy atom. The van der Waals surface area contributed by atoms with Crippen LogP contribution in [0.5, 0.6) is 17.2 Å². The molecule has 2 fully saturated rings. The average Bonchev–Trinajstić information content (AvgIpc) is 4.05. The minimum absolute atomic E-state index is 0.0437. The van der Waals surface area contributed by atoms with Crippen LogP contribution in [0.25, 0.3) is 10.8 Å². The van der Waals surface area contributed by atoms with Gasteiger partial charge in [-0.1, -0.05) is 90.1 Å². The number of carbonyl (C=O) groups is 4. The van der Waals surface area contributed by atoms with Gasteiger partial charge in [-0.15, -0.1) is 0 Å². The largest absolute Gasteiger partial charge is 0.505 e. The highest BCUT2D eigenvalue weighted by atomic mass is 16.7. The monoisotopic (exact) mass is 1080 g/mol. The number of rotatable bonds is 10. The second-order valence-electron chi connectivity index (χ2n) is 23.0. The van der Waals surface area contributed by atoms with Gasteiger partial charge in [0.25, 0.3) is 11.7 Å². The zero-order valence-electron chi connectivity index (χ0n) is 47.6. The fourth-order valence-corrected chi connectivity index (χ4v) is 12.4. The number of benzene rings is 3. The van der Waals surface area contributed by atoms with Crippen molar-refractivity contribution < 1.29 is 57.8 Å². The van der Waals surface area contributed by atoms with E-state index < -0.39 is 83.1 Å². The van der Waals surface area contributed by atoms with E-state index in [2.05, 4.69) is 36.2 Å². The molecule has 3 aromatic carbocycles. The minimum atomic E-state index is -1.89. The minimum Gasteiger partial charge on any atom is -0.505 e. The van der Waals surface area contributed by atoms with Crippen LogP contribution in [0, 0.1) is 36.5 Å². The number of methoxy groups -OCH3 is 3. The molecule has 0 aromatic heterocycles. The van der Waals surface area contributed by atoms with Crippen molar-refractivity contribution >= 4 is 40.0 Å². The number of nitrogens with zero attached hydrogens (tertiary/aromatic N) is 4. The molecule has 0 saturated carbocycles. The SMILES string of the molecule is COc1c(C)c2c3c4c5c(c(c(O)c14)NC(=O)/C(C)=C\C=C\[C@H](C)[C@H](O)[C@@H](C)[C@@H](OC)[C@@H](C)[C@H](OC(=O)CC(=O)N1CCC(Cc4ccccc4)(OC)CC1)[C@H](C)C/C=C/O[C@@](C)(O2)C3=O)=NC1(CCN(CC(C)C)CC1)N=5. The van der Waals surface area contributed by atoms with Gasteiger partial charge in [0.15, 0.2) is 11.4 Å². The lowest BCUT2D eigenvalue weighted by Crippen LogP contribution is -2.49. The highest BCUT2D eigenvalue weighted by molar-refractivity contribution is 6.19. The zero-order valence-corrected chi connectivity index (χ0v) is 47.6. The van der Waals surface area contributed by atoms with Crippen molar-refractivity contribution in [2.45, 2.75) is 143 Å². The number of aliphatic hydroxyl groups excluding tert-OH is 1. The quantitative estimate of drug-likeness (QED) is 0.101. The molecule has 78 heavy (non-hydrogen) atoms. The van der Waals surface area contributed by atoms with Crippen LogP contribution < -0.4 is 25.5 Å². The van der Waals surface area contributed by atoms with E-state index in [0.717, 1.165) is 25.2 Å². The number of piperidine rings is 2. The normalized spacial score (nSPS) is 28.9. The number of phenolic OH excluding ortho intramolecular Hbond substituents is 1. The van der Waals surface area contributed by atoms with E-state index >= 15 is 4.79 Å². The number of aromatic hydroxyl groups is 1. The molecule has 0 aliphatic carbocycles. The summed E-state index contributed by atoms with van der Waals surface area (Å²) in [6.07, 6.45) is 8.81. The number of hydrogen-bond donors (Lipinski definition) is 3. The van der Waals surface area contributed by atoms with Gasteiger partial charge in [-0.25, -0.2) is 0 Å². The van der Waals surface area contributed by atoms with Gasteiger partial charge in [0, 0.05) is 107 Å².